The van der Waals surface area contributed by atoms with Crippen LogP contribution in [0.5, 0.6) is 5.75 Å². The van der Waals surface area contributed by atoms with Crippen LogP contribution < -0.4 is 15.4 Å². The smallest absolute Gasteiger partial charge is 0.248 e. The van der Waals surface area contributed by atoms with Crippen molar-refractivity contribution < 1.29 is 29.0 Å². The Bertz CT molecular complexity index is 1750. The molecule has 2 N–H and O–H groups in total. The van der Waals surface area contributed by atoms with Crippen LogP contribution in [-0.4, -0.2) is 42.9 Å². The summed E-state index contributed by atoms with van der Waals surface area (Å²) >= 11 is 5.83. The minimum absolute atomic E-state index is 0.480. The quantitative estimate of drug-likeness (QED) is 0.438. The number of benzene rings is 2. The first-order valence-electron chi connectivity index (χ1n) is 14.6. The molecule has 0 aliphatic rings. The van der Waals surface area contributed by atoms with Crippen molar-refractivity contribution in [3.63, 3.8) is 0 Å². The number of fused-ring (bicyclic) bond motifs is 1. The van der Waals surface area contributed by atoms with Crippen LogP contribution in [0.15, 0.2) is 48.5 Å². The number of carbonyl (C=O) groups excluding carboxylic acids is 1. The lowest BCUT2D eigenvalue weighted by Gasteiger charge is -2.16. The zero-order valence-corrected chi connectivity index (χ0v) is 18.2. The highest BCUT2D eigenvalue weighted by Gasteiger charge is 2.15. The molecule has 0 radical (unpaired) electrons. The first-order chi connectivity index (χ1) is 20.1. The maximum absolute atomic E-state index is 14.3. The Labute approximate surface area is 211 Å². The molecular weight excluding hydrogens is 445 g/mol. The molecule has 0 aliphatic heterocycles. The summed E-state index contributed by atoms with van der Waals surface area (Å²) in [6.45, 7) is -3.82. The molecule has 7 nitrogen and oxygen atoms in total. The Hall–Kier alpha value is -3.67. The van der Waals surface area contributed by atoms with Gasteiger partial charge in [-0.3, -0.25) is 9.78 Å². The van der Waals surface area contributed by atoms with Crippen molar-refractivity contribution in [2.75, 3.05) is 37.8 Å². The van der Waals surface area contributed by atoms with Crippen LogP contribution in [0, 0.1) is 17.1 Å². The number of likely N-dealkylation sites (N-methyl/N-ethyl adjacent to an activating group) is 1. The van der Waals surface area contributed by atoms with Gasteiger partial charge in [0.2, 0.25) is 5.91 Å². The first kappa shape index (κ1) is 13.1. The topological polar surface area (TPSA) is 90.3 Å². The number of amides is 1. The number of carbonyl (C=O) groups is 1. The Kier molecular flexibility index (Phi) is 4.29. The van der Waals surface area contributed by atoms with E-state index in [0.29, 0.717) is 6.08 Å². The Balaban J connectivity index is 2.44. The number of nitriles is 1. The van der Waals surface area contributed by atoms with Crippen LogP contribution in [0.2, 0.25) is 5.02 Å². The summed E-state index contributed by atoms with van der Waals surface area (Å²) in [5, 5.41) is 13.1. The summed E-state index contributed by atoms with van der Waals surface area (Å²) in [6, 6.07) is -3.52. The van der Waals surface area contributed by atoms with E-state index >= 15 is 0 Å². The number of nitrogens with zero attached hydrogens (tertiary/aromatic N) is 3. The molecule has 1 heterocycles. The predicted molar refractivity (Wildman–Crippen MR) is 129 cm³/mol. The average molecular weight is 479 g/mol. The van der Waals surface area contributed by atoms with Crippen molar-refractivity contribution in [2.45, 2.75) is 6.92 Å². The third-order valence-corrected chi connectivity index (χ3v) is 4.04. The van der Waals surface area contributed by atoms with Gasteiger partial charge in [0.05, 0.1) is 46.4 Å². The zero-order chi connectivity index (χ0) is 33.6. The van der Waals surface area contributed by atoms with Gasteiger partial charge in [0.25, 0.3) is 0 Å². The lowest BCUT2D eigenvalue weighted by molar-refractivity contribution is -0.111. The van der Waals surface area contributed by atoms with E-state index in [2.05, 4.69) is 15.6 Å². The number of halogens is 2. The van der Waals surface area contributed by atoms with Gasteiger partial charge in [0.15, 0.2) is 0 Å². The normalized spacial score (nSPS) is 17.0. The van der Waals surface area contributed by atoms with Gasteiger partial charge in [-0.05, 0) is 45.2 Å². The SMILES string of the molecule is [2H]/C(=C\C([2H])([2H])N(C)C)C(=O)Nc1c(OC([2H])([2H])C)c([2H])c2nc([2H])c(C#N)c(Nc3c([2H])c([2H])c(F)c(Cl)c3[2H])c2c1[2H]. The predicted octanol–water partition coefficient (Wildman–Crippen LogP) is 5.10. The van der Waals surface area contributed by atoms with Gasteiger partial charge >= 0.3 is 0 Å². The third kappa shape index (κ3) is 5.98. The molecular formula is C24H23ClFN5O2. The first-order valence-corrected chi connectivity index (χ1v) is 9.48. The van der Waals surface area contributed by atoms with Gasteiger partial charge < -0.3 is 20.3 Å². The summed E-state index contributed by atoms with van der Waals surface area (Å²) in [5.74, 6) is -3.41. The lowest BCUT2D eigenvalue weighted by Crippen LogP contribution is -2.13. The van der Waals surface area contributed by atoms with E-state index < -0.39 is 112 Å². The van der Waals surface area contributed by atoms with Crippen LogP contribution in [0.1, 0.15) is 27.6 Å². The summed E-state index contributed by atoms with van der Waals surface area (Å²) in [7, 11) is 2.71. The molecule has 1 amide bonds. The summed E-state index contributed by atoms with van der Waals surface area (Å²) in [5.41, 5.74) is -2.94. The van der Waals surface area contributed by atoms with Gasteiger partial charge in [-0.1, -0.05) is 17.7 Å². The van der Waals surface area contributed by atoms with E-state index in [9.17, 15) is 14.4 Å². The van der Waals surface area contributed by atoms with E-state index in [1.807, 2.05) is 0 Å². The van der Waals surface area contributed by atoms with E-state index in [4.69, 9.17) is 31.4 Å². The fourth-order valence-electron chi connectivity index (χ4n) is 2.44. The Morgan fingerprint density at radius 1 is 1.45 bits per heavy atom. The maximum atomic E-state index is 14.3. The van der Waals surface area contributed by atoms with E-state index in [0.717, 1.165) is 11.8 Å². The second kappa shape index (κ2) is 10.8. The fraction of sp³-hybridized carbons (Fsp3) is 0.208. The second-order valence-corrected chi connectivity index (χ2v) is 6.72. The molecule has 0 bridgehead atoms. The van der Waals surface area contributed by atoms with E-state index in [-0.39, 0.29) is 0 Å². The largest absolute Gasteiger partial charge is 0.492 e. The number of ether oxygens (including phenoxy) is 1. The van der Waals surface area contributed by atoms with Crippen molar-refractivity contribution in [1.82, 2.24) is 9.88 Å². The van der Waals surface area contributed by atoms with Gasteiger partial charge in [-0.15, -0.1) is 0 Å². The lowest BCUT2D eigenvalue weighted by atomic mass is 10.1. The molecule has 0 unspecified atom stereocenters. The van der Waals surface area contributed by atoms with Crippen molar-refractivity contribution in [3.8, 4) is 11.8 Å². The Morgan fingerprint density at radius 3 is 2.94 bits per heavy atom. The molecule has 33 heavy (non-hydrogen) atoms. The average Bonchev–Trinajstić information content (AvgIpc) is 2.92. The molecule has 1 aromatic heterocycles. The second-order valence-electron chi connectivity index (χ2n) is 6.34. The standard InChI is InChI=1S/C24H23ClFN5O2/c1-4-33-22-12-20-17(11-21(22)30-23(32)6-5-9-31(2)3)24(15(13-27)14-28-20)29-16-7-8-19(26)18(25)10-16/h5-8,10-12,14H,4,9H2,1-3H3,(H,28,29)(H,30,32)/b6-5+/i4D2,6D,7D,8D,9D2,10D,11D,12D,14D. The van der Waals surface area contributed by atoms with Crippen LogP contribution in [0.3, 0.4) is 0 Å². The van der Waals surface area contributed by atoms with E-state index in [1.165, 1.54) is 14.1 Å². The van der Waals surface area contributed by atoms with Crippen LogP contribution in [0.4, 0.5) is 21.5 Å². The third-order valence-electron chi connectivity index (χ3n) is 3.78. The molecule has 0 saturated heterocycles. The molecule has 0 spiro atoms. The fourth-order valence-corrected chi connectivity index (χ4v) is 2.58. The number of aromatic nitrogens is 1. The Morgan fingerprint density at radius 2 is 2.24 bits per heavy atom. The zero-order valence-electron chi connectivity index (χ0n) is 28.5. The molecule has 9 heteroatoms. The molecule has 3 aromatic rings. The number of anilines is 3. The van der Waals surface area contributed by atoms with Gasteiger partial charge in [0.1, 0.15) is 17.6 Å². The van der Waals surface area contributed by atoms with Crippen LogP contribution in [-0.2, 0) is 4.79 Å². The number of pyridine rings is 1. The highest BCUT2D eigenvalue weighted by Crippen LogP contribution is 2.36. The van der Waals surface area contributed by atoms with Crippen LogP contribution >= 0.6 is 11.6 Å². The molecule has 2 aromatic carbocycles. The number of nitrogens with one attached hydrogen (secondary N) is 2. The molecule has 170 valence electrons. The van der Waals surface area contributed by atoms with Crippen molar-refractivity contribution in [2.24, 2.45) is 0 Å². The van der Waals surface area contributed by atoms with Gasteiger partial charge in [-0.25, -0.2) is 4.39 Å². The highest BCUT2D eigenvalue weighted by atomic mass is 35.5. The van der Waals surface area contributed by atoms with Crippen LogP contribution in [0.25, 0.3) is 10.9 Å². The van der Waals surface area contributed by atoms with Gasteiger partial charge in [0, 0.05) is 38.6 Å². The number of hydrogen-bond donors (Lipinski definition) is 2. The van der Waals surface area contributed by atoms with Gasteiger partial charge in [-0.2, -0.15) is 5.26 Å². The molecule has 0 atom stereocenters. The van der Waals surface area contributed by atoms with Crippen molar-refractivity contribution in [1.29, 1.82) is 5.26 Å². The minimum atomic E-state index is -2.51. The highest BCUT2D eigenvalue weighted by molar-refractivity contribution is 6.31. The number of rotatable bonds is 8. The maximum Gasteiger partial charge on any atom is 0.248 e. The summed E-state index contributed by atoms with van der Waals surface area (Å²) in [6.07, 6.45) is -0.108. The molecule has 0 fully saturated rings. The monoisotopic (exact) mass is 478 g/mol. The molecule has 0 aliphatic carbocycles. The van der Waals surface area contributed by atoms with E-state index in [1.54, 1.807) is 6.07 Å². The van der Waals surface area contributed by atoms with Crippen molar-refractivity contribution in [3.05, 3.63) is 64.9 Å². The molecule has 0 saturated carbocycles. The summed E-state index contributed by atoms with van der Waals surface area (Å²) < 4.78 is 109. The molecule has 3 rings (SSSR count). The summed E-state index contributed by atoms with van der Waals surface area (Å²) in [4.78, 5) is 17.9. The minimum Gasteiger partial charge on any atom is -0.492 e. The van der Waals surface area contributed by atoms with Crippen molar-refractivity contribution >= 4 is 45.5 Å². The number of hydrogen-bond acceptors (Lipinski definition) is 6.